The molecule has 0 fully saturated rings. The second-order valence-corrected chi connectivity index (χ2v) is 2.97. The van der Waals surface area contributed by atoms with Crippen molar-refractivity contribution in [1.82, 2.24) is 4.98 Å². The van der Waals surface area contributed by atoms with Gasteiger partial charge in [0.15, 0.2) is 6.20 Å². The van der Waals surface area contributed by atoms with Gasteiger partial charge >= 0.3 is 5.97 Å². The number of aromatic amines is 1. The Morgan fingerprint density at radius 1 is 1.53 bits per heavy atom. The van der Waals surface area contributed by atoms with E-state index in [4.69, 9.17) is 5.11 Å². The first-order chi connectivity index (χ1) is 7.09. The molecule has 2 heterocycles. The number of nitrogens with zero attached hydrogens (tertiary/aromatic N) is 1. The number of aromatic carboxylic acids is 1. The van der Waals surface area contributed by atoms with Crippen molar-refractivity contribution in [2.45, 2.75) is 0 Å². The van der Waals surface area contributed by atoms with E-state index in [9.17, 15) is 14.8 Å². The van der Waals surface area contributed by atoms with E-state index in [1.807, 2.05) is 0 Å². The van der Waals surface area contributed by atoms with Crippen molar-refractivity contribution in [1.29, 1.82) is 0 Å². The van der Waals surface area contributed by atoms with Crippen molar-refractivity contribution in [3.05, 3.63) is 45.7 Å². The molecule has 0 aromatic carbocycles. The Morgan fingerprint density at radius 3 is 2.93 bits per heavy atom. The number of carbonyl (C=O) groups is 1. The molecule has 0 aliphatic heterocycles. The topological polar surface area (TPSA) is 97.1 Å². The zero-order valence-electron chi connectivity index (χ0n) is 7.43. The summed E-state index contributed by atoms with van der Waals surface area (Å²) in [6.45, 7) is 0. The smallest absolute Gasteiger partial charge is 0.341 e. The van der Waals surface area contributed by atoms with Gasteiger partial charge in [-0.05, 0) is 0 Å². The first kappa shape index (κ1) is 9.20. The maximum Gasteiger partial charge on any atom is 0.341 e. The third kappa shape index (κ3) is 1.41. The molecule has 0 bridgehead atoms. The second kappa shape index (κ2) is 3.09. The predicted octanol–water partition coefficient (Wildman–Crippen LogP) is -0.140. The minimum atomic E-state index is -1.29. The summed E-state index contributed by atoms with van der Waals surface area (Å²) in [6.07, 6.45) is 3.39. The van der Waals surface area contributed by atoms with Crippen molar-refractivity contribution < 1.29 is 14.6 Å². The van der Waals surface area contributed by atoms with Gasteiger partial charge in [-0.15, -0.1) is 0 Å². The summed E-state index contributed by atoms with van der Waals surface area (Å²) in [6, 6.07) is 1.29. The molecule has 76 valence electrons. The van der Waals surface area contributed by atoms with Crippen LogP contribution in [0.2, 0.25) is 0 Å². The molecule has 15 heavy (non-hydrogen) atoms. The minimum absolute atomic E-state index is 0.182. The standard InChI is InChI=1S/C9H6N2O4/c12-8-5-1-2-11(15)4-7(5)10-3-6(8)9(13)14/h1-4H,(H,10,12)(H,13,14). The third-order valence-corrected chi connectivity index (χ3v) is 2.03. The normalized spacial score (nSPS) is 10.4. The summed E-state index contributed by atoms with van der Waals surface area (Å²) >= 11 is 0. The van der Waals surface area contributed by atoms with Gasteiger partial charge < -0.3 is 15.3 Å². The highest BCUT2D eigenvalue weighted by Crippen LogP contribution is 2.04. The molecule has 0 unspecified atom stereocenters. The van der Waals surface area contributed by atoms with E-state index in [1.54, 1.807) is 0 Å². The van der Waals surface area contributed by atoms with Crippen molar-refractivity contribution in [3.63, 3.8) is 0 Å². The minimum Gasteiger partial charge on any atom is -0.619 e. The molecule has 2 rings (SSSR count). The number of carboxylic acids is 1. The van der Waals surface area contributed by atoms with Crippen LogP contribution in [-0.4, -0.2) is 16.1 Å². The molecule has 0 saturated carbocycles. The fraction of sp³-hybridized carbons (Fsp3) is 0. The molecule has 0 aliphatic rings. The van der Waals surface area contributed by atoms with E-state index in [0.29, 0.717) is 10.2 Å². The lowest BCUT2D eigenvalue weighted by Crippen LogP contribution is -2.25. The monoisotopic (exact) mass is 206 g/mol. The molecule has 0 atom stereocenters. The Balaban J connectivity index is 2.86. The quantitative estimate of drug-likeness (QED) is 0.501. The van der Waals surface area contributed by atoms with Gasteiger partial charge in [0.25, 0.3) is 0 Å². The van der Waals surface area contributed by atoms with Gasteiger partial charge in [0.05, 0.1) is 5.39 Å². The van der Waals surface area contributed by atoms with Gasteiger partial charge in [-0.25, -0.2) is 4.79 Å². The van der Waals surface area contributed by atoms with Crippen LogP contribution in [0.15, 0.2) is 29.5 Å². The molecule has 6 nitrogen and oxygen atoms in total. The SMILES string of the molecule is O=C(O)c1c[nH]c2c[n+]([O-])ccc2c1=O. The number of nitrogens with one attached hydrogen (secondary N) is 1. The summed E-state index contributed by atoms with van der Waals surface area (Å²) in [5.74, 6) is -1.29. The number of carboxylic acid groups (broad SMARTS) is 1. The molecular formula is C9H6N2O4. The number of fused-ring (bicyclic) bond motifs is 1. The van der Waals surface area contributed by atoms with Crippen molar-refractivity contribution >= 4 is 16.9 Å². The molecule has 0 radical (unpaired) electrons. The second-order valence-electron chi connectivity index (χ2n) is 2.97. The zero-order valence-corrected chi connectivity index (χ0v) is 7.43. The Morgan fingerprint density at radius 2 is 2.27 bits per heavy atom. The van der Waals surface area contributed by atoms with Crippen molar-refractivity contribution in [2.24, 2.45) is 0 Å². The predicted molar refractivity (Wildman–Crippen MR) is 50.5 cm³/mol. The van der Waals surface area contributed by atoms with Gasteiger partial charge in [-0.3, -0.25) is 4.79 Å². The van der Waals surface area contributed by atoms with E-state index in [1.165, 1.54) is 12.3 Å². The van der Waals surface area contributed by atoms with Crippen LogP contribution in [0.5, 0.6) is 0 Å². The van der Waals surface area contributed by atoms with Crippen molar-refractivity contribution in [3.8, 4) is 0 Å². The summed E-state index contributed by atoms with van der Waals surface area (Å²) < 4.78 is 0.527. The highest BCUT2D eigenvalue weighted by molar-refractivity contribution is 5.91. The molecule has 0 saturated heterocycles. The maximum atomic E-state index is 11.6. The summed E-state index contributed by atoms with van der Waals surface area (Å²) in [5.41, 5.74) is -0.634. The van der Waals surface area contributed by atoms with Crippen molar-refractivity contribution in [2.75, 3.05) is 0 Å². The number of pyridine rings is 2. The van der Waals surface area contributed by atoms with Crippen LogP contribution in [0, 0.1) is 5.21 Å². The highest BCUT2D eigenvalue weighted by atomic mass is 16.5. The molecule has 2 N–H and O–H groups in total. The first-order valence-electron chi connectivity index (χ1n) is 4.07. The number of hydrogen-bond donors (Lipinski definition) is 2. The largest absolute Gasteiger partial charge is 0.619 e. The lowest BCUT2D eigenvalue weighted by Gasteiger charge is -1.99. The third-order valence-electron chi connectivity index (χ3n) is 2.03. The maximum absolute atomic E-state index is 11.6. The summed E-state index contributed by atoms with van der Waals surface area (Å²) in [7, 11) is 0. The van der Waals surface area contributed by atoms with E-state index < -0.39 is 11.4 Å². The van der Waals surface area contributed by atoms with Crippen LogP contribution in [0.1, 0.15) is 10.4 Å². The Kier molecular flexibility index (Phi) is 1.89. The van der Waals surface area contributed by atoms with Crippen LogP contribution in [0.3, 0.4) is 0 Å². The van der Waals surface area contributed by atoms with E-state index in [0.717, 1.165) is 12.4 Å². The van der Waals surface area contributed by atoms with Crippen LogP contribution in [0.25, 0.3) is 10.9 Å². The Hall–Kier alpha value is -2.37. The summed E-state index contributed by atoms with van der Waals surface area (Å²) in [5, 5.41) is 19.8. The van der Waals surface area contributed by atoms with Gasteiger partial charge in [0.1, 0.15) is 11.1 Å². The average molecular weight is 206 g/mol. The highest BCUT2D eigenvalue weighted by Gasteiger charge is 2.12. The number of rotatable bonds is 1. The van der Waals surface area contributed by atoms with Gasteiger partial charge in [0.2, 0.25) is 11.6 Å². The number of H-pyrrole nitrogens is 1. The lowest BCUT2D eigenvalue weighted by atomic mass is 10.2. The van der Waals surface area contributed by atoms with Crippen LogP contribution in [0.4, 0.5) is 0 Å². The molecule has 6 heteroatoms. The number of hydrogen-bond acceptors (Lipinski definition) is 3. The first-order valence-corrected chi connectivity index (χ1v) is 4.07. The molecular weight excluding hydrogens is 200 g/mol. The molecule has 0 spiro atoms. The fourth-order valence-electron chi connectivity index (χ4n) is 1.31. The number of aromatic nitrogens is 2. The molecule has 0 amide bonds. The van der Waals surface area contributed by atoms with Crippen LogP contribution >= 0.6 is 0 Å². The van der Waals surface area contributed by atoms with Gasteiger partial charge in [0, 0.05) is 12.3 Å². The van der Waals surface area contributed by atoms with E-state index in [2.05, 4.69) is 4.98 Å². The lowest BCUT2D eigenvalue weighted by molar-refractivity contribution is -0.604. The molecule has 2 aromatic heterocycles. The Labute approximate surface area is 83.0 Å². The van der Waals surface area contributed by atoms with Crippen LogP contribution in [-0.2, 0) is 0 Å². The fourth-order valence-corrected chi connectivity index (χ4v) is 1.31. The van der Waals surface area contributed by atoms with Gasteiger partial charge in [-0.1, -0.05) is 0 Å². The Bertz CT molecular complexity index is 603. The van der Waals surface area contributed by atoms with E-state index in [-0.39, 0.29) is 10.9 Å². The average Bonchev–Trinajstić information content (AvgIpc) is 2.17. The summed E-state index contributed by atoms with van der Waals surface area (Å²) in [4.78, 5) is 24.8. The zero-order chi connectivity index (χ0) is 11.0. The van der Waals surface area contributed by atoms with Crippen LogP contribution < -0.4 is 10.2 Å². The molecule has 0 aliphatic carbocycles. The van der Waals surface area contributed by atoms with E-state index >= 15 is 0 Å². The van der Waals surface area contributed by atoms with Gasteiger partial charge in [-0.2, -0.15) is 4.73 Å². The molecule has 2 aromatic rings.